The number of aryl methyl sites for hydroxylation is 1. The second-order valence-electron chi connectivity index (χ2n) is 5.76. The highest BCUT2D eigenvalue weighted by molar-refractivity contribution is 9.10. The molecule has 25 heavy (non-hydrogen) atoms. The van der Waals surface area contributed by atoms with E-state index in [4.69, 9.17) is 0 Å². The van der Waals surface area contributed by atoms with Crippen LogP contribution in [-0.4, -0.2) is 15.7 Å². The molecule has 1 aromatic heterocycles. The van der Waals surface area contributed by atoms with Crippen molar-refractivity contribution in [2.45, 2.75) is 20.4 Å². The van der Waals surface area contributed by atoms with Crippen molar-refractivity contribution >= 4 is 27.5 Å². The number of carbonyl (C=O) groups excluding carboxylic acids is 1. The first-order valence-electron chi connectivity index (χ1n) is 7.80. The maximum atomic E-state index is 13.8. The summed E-state index contributed by atoms with van der Waals surface area (Å²) in [7, 11) is 0. The molecule has 1 heterocycles. The molecule has 3 rings (SSSR count). The summed E-state index contributed by atoms with van der Waals surface area (Å²) in [5, 5.41) is 7.27. The molecule has 4 nitrogen and oxygen atoms in total. The van der Waals surface area contributed by atoms with E-state index in [1.54, 1.807) is 12.1 Å². The van der Waals surface area contributed by atoms with Crippen LogP contribution in [0.3, 0.4) is 0 Å². The zero-order valence-corrected chi connectivity index (χ0v) is 15.5. The van der Waals surface area contributed by atoms with E-state index in [1.165, 1.54) is 12.1 Å². The molecule has 1 amide bonds. The molecule has 0 bridgehead atoms. The predicted molar refractivity (Wildman–Crippen MR) is 99.3 cm³/mol. The van der Waals surface area contributed by atoms with Gasteiger partial charge >= 0.3 is 0 Å². The first-order chi connectivity index (χ1) is 12.0. The number of anilines is 1. The number of benzene rings is 2. The van der Waals surface area contributed by atoms with Crippen molar-refractivity contribution in [3.8, 4) is 0 Å². The van der Waals surface area contributed by atoms with Gasteiger partial charge in [0, 0.05) is 4.47 Å². The van der Waals surface area contributed by atoms with Crippen LogP contribution < -0.4 is 5.32 Å². The van der Waals surface area contributed by atoms with Crippen LogP contribution >= 0.6 is 15.9 Å². The Morgan fingerprint density at radius 2 is 1.84 bits per heavy atom. The van der Waals surface area contributed by atoms with Crippen molar-refractivity contribution in [2.75, 3.05) is 5.32 Å². The highest BCUT2D eigenvalue weighted by Gasteiger charge is 2.17. The number of hydrogen-bond acceptors (Lipinski definition) is 2. The van der Waals surface area contributed by atoms with Crippen molar-refractivity contribution in [1.29, 1.82) is 0 Å². The third kappa shape index (κ3) is 3.79. The summed E-state index contributed by atoms with van der Waals surface area (Å²) in [5.41, 5.74) is 3.25. The molecule has 1 N–H and O–H groups in total. The molecule has 0 atom stereocenters. The van der Waals surface area contributed by atoms with Crippen LogP contribution in [0.1, 0.15) is 27.3 Å². The van der Waals surface area contributed by atoms with Gasteiger partial charge in [-0.1, -0.05) is 40.2 Å². The Morgan fingerprint density at radius 3 is 2.52 bits per heavy atom. The average Bonchev–Trinajstić information content (AvgIpc) is 2.85. The fraction of sp³-hybridized carbons (Fsp3) is 0.158. The summed E-state index contributed by atoms with van der Waals surface area (Å²) in [6.07, 6.45) is 0. The Morgan fingerprint density at radius 1 is 1.16 bits per heavy atom. The topological polar surface area (TPSA) is 46.9 Å². The monoisotopic (exact) mass is 401 g/mol. The Bertz CT molecular complexity index is 919. The van der Waals surface area contributed by atoms with Gasteiger partial charge < -0.3 is 5.32 Å². The largest absolute Gasteiger partial charge is 0.319 e. The third-order valence-corrected chi connectivity index (χ3v) is 4.51. The van der Waals surface area contributed by atoms with Crippen LogP contribution in [0.4, 0.5) is 10.1 Å². The highest BCUT2D eigenvalue weighted by Crippen LogP contribution is 2.22. The van der Waals surface area contributed by atoms with E-state index < -0.39 is 11.7 Å². The number of nitrogens with zero attached hydrogens (tertiary/aromatic N) is 2. The lowest BCUT2D eigenvalue weighted by atomic mass is 10.2. The summed E-state index contributed by atoms with van der Waals surface area (Å²) in [5.74, 6) is -1.02. The van der Waals surface area contributed by atoms with Gasteiger partial charge in [0.2, 0.25) is 0 Å². The van der Waals surface area contributed by atoms with Gasteiger partial charge in [0.15, 0.2) is 0 Å². The lowest BCUT2D eigenvalue weighted by molar-refractivity contribution is 0.102. The van der Waals surface area contributed by atoms with E-state index in [-0.39, 0.29) is 5.56 Å². The minimum atomic E-state index is -0.544. The van der Waals surface area contributed by atoms with Gasteiger partial charge in [-0.05, 0) is 43.7 Å². The van der Waals surface area contributed by atoms with Crippen LogP contribution in [0, 0.1) is 19.7 Å². The molecule has 0 saturated heterocycles. The molecule has 2 aromatic carbocycles. The molecule has 6 heteroatoms. The quantitative estimate of drug-likeness (QED) is 0.688. The molecular formula is C19H17BrFN3O. The fourth-order valence-corrected chi connectivity index (χ4v) is 2.89. The van der Waals surface area contributed by atoms with Crippen molar-refractivity contribution in [2.24, 2.45) is 0 Å². The lowest BCUT2D eigenvalue weighted by Crippen LogP contribution is -2.15. The Labute approximate surface area is 153 Å². The number of rotatable bonds is 4. The average molecular weight is 402 g/mol. The second-order valence-corrected chi connectivity index (χ2v) is 6.68. The van der Waals surface area contributed by atoms with Gasteiger partial charge in [-0.25, -0.2) is 4.39 Å². The maximum Gasteiger partial charge on any atom is 0.258 e. The van der Waals surface area contributed by atoms with Gasteiger partial charge in [0.05, 0.1) is 29.2 Å². The molecule has 0 aliphatic carbocycles. The van der Waals surface area contributed by atoms with Crippen LogP contribution in [0.2, 0.25) is 0 Å². The number of halogens is 2. The van der Waals surface area contributed by atoms with Gasteiger partial charge in [-0.3, -0.25) is 9.48 Å². The van der Waals surface area contributed by atoms with Gasteiger partial charge in [-0.15, -0.1) is 0 Å². The first-order valence-corrected chi connectivity index (χ1v) is 8.59. The van der Waals surface area contributed by atoms with Crippen molar-refractivity contribution in [3.05, 3.63) is 81.3 Å². The second kappa shape index (κ2) is 7.19. The van der Waals surface area contributed by atoms with E-state index in [1.807, 2.05) is 42.8 Å². The molecule has 0 spiro atoms. The summed E-state index contributed by atoms with van der Waals surface area (Å²) in [4.78, 5) is 12.4. The van der Waals surface area contributed by atoms with Crippen LogP contribution in [-0.2, 0) is 6.54 Å². The Balaban J connectivity index is 1.83. The summed E-state index contributed by atoms with van der Waals surface area (Å²) < 4.78 is 16.6. The smallest absolute Gasteiger partial charge is 0.258 e. The molecule has 128 valence electrons. The summed E-state index contributed by atoms with van der Waals surface area (Å²) in [6, 6.07) is 13.9. The normalized spacial score (nSPS) is 10.7. The first kappa shape index (κ1) is 17.4. The molecule has 3 aromatic rings. The van der Waals surface area contributed by atoms with E-state index >= 15 is 0 Å². The maximum absolute atomic E-state index is 13.8. The number of carbonyl (C=O) groups is 1. The van der Waals surface area contributed by atoms with Crippen LogP contribution in [0.25, 0.3) is 0 Å². The van der Waals surface area contributed by atoms with Crippen LogP contribution in [0.15, 0.2) is 53.0 Å². The van der Waals surface area contributed by atoms with E-state index in [2.05, 4.69) is 26.3 Å². The third-order valence-electron chi connectivity index (χ3n) is 3.98. The highest BCUT2D eigenvalue weighted by atomic mass is 79.9. The Kier molecular flexibility index (Phi) is 4.99. The molecule has 0 aliphatic heterocycles. The Hall–Kier alpha value is -2.47. The molecule has 0 saturated carbocycles. The van der Waals surface area contributed by atoms with E-state index in [9.17, 15) is 9.18 Å². The molecular weight excluding hydrogens is 385 g/mol. The summed E-state index contributed by atoms with van der Waals surface area (Å²) in [6.45, 7) is 4.30. The van der Waals surface area contributed by atoms with Crippen molar-refractivity contribution in [1.82, 2.24) is 9.78 Å². The number of nitrogens with one attached hydrogen (secondary N) is 1. The number of hydrogen-bond donors (Lipinski definition) is 1. The molecule has 0 radical (unpaired) electrons. The van der Waals surface area contributed by atoms with Gasteiger partial charge in [-0.2, -0.15) is 5.10 Å². The minimum Gasteiger partial charge on any atom is -0.319 e. The number of aromatic nitrogens is 2. The number of amides is 1. The zero-order chi connectivity index (χ0) is 18.0. The van der Waals surface area contributed by atoms with E-state index in [0.29, 0.717) is 17.9 Å². The van der Waals surface area contributed by atoms with Crippen molar-refractivity contribution < 1.29 is 9.18 Å². The lowest BCUT2D eigenvalue weighted by Gasteiger charge is -2.08. The zero-order valence-electron chi connectivity index (χ0n) is 13.9. The fourth-order valence-electron chi connectivity index (χ4n) is 2.62. The van der Waals surface area contributed by atoms with E-state index in [0.717, 1.165) is 15.7 Å². The minimum absolute atomic E-state index is 0.0157. The molecule has 0 fully saturated rings. The van der Waals surface area contributed by atoms with Crippen LogP contribution in [0.5, 0.6) is 0 Å². The SMILES string of the molecule is Cc1nn(Cc2ccc(Br)cc2)c(C)c1NC(=O)c1ccccc1F. The molecule has 0 aliphatic rings. The van der Waals surface area contributed by atoms with Crippen molar-refractivity contribution in [3.63, 3.8) is 0 Å². The predicted octanol–water partition coefficient (Wildman–Crippen LogP) is 4.70. The summed E-state index contributed by atoms with van der Waals surface area (Å²) >= 11 is 3.42. The van der Waals surface area contributed by atoms with Gasteiger partial charge in [0.25, 0.3) is 5.91 Å². The molecule has 0 unspecified atom stereocenters. The van der Waals surface area contributed by atoms with Gasteiger partial charge in [0.1, 0.15) is 5.82 Å². The standard InChI is InChI=1S/C19H17BrFN3O/c1-12-18(22-19(25)16-5-3-4-6-17(16)21)13(2)24(23-12)11-14-7-9-15(20)10-8-14/h3-10H,11H2,1-2H3,(H,22,25).